The van der Waals surface area contributed by atoms with E-state index in [2.05, 4.69) is 0 Å². The van der Waals surface area contributed by atoms with E-state index >= 15 is 0 Å². The Balaban J connectivity index is 3.16. The van der Waals surface area contributed by atoms with Crippen molar-refractivity contribution in [3.05, 3.63) is 29.3 Å². The van der Waals surface area contributed by atoms with E-state index in [0.29, 0.717) is 10.8 Å². The summed E-state index contributed by atoms with van der Waals surface area (Å²) < 4.78 is 24.2. The summed E-state index contributed by atoms with van der Waals surface area (Å²) in [6.45, 7) is 5.78. The summed E-state index contributed by atoms with van der Waals surface area (Å²) in [5, 5.41) is 8.72. The van der Waals surface area contributed by atoms with Crippen molar-refractivity contribution < 1.29 is 13.5 Å². The van der Waals surface area contributed by atoms with Crippen LogP contribution in [-0.2, 0) is 9.84 Å². The summed E-state index contributed by atoms with van der Waals surface area (Å²) in [5.41, 5.74) is 1.80. The molecule has 0 radical (unpaired) electrons. The summed E-state index contributed by atoms with van der Waals surface area (Å²) in [7, 11) is -3.27. The Morgan fingerprint density at radius 3 is 2.47 bits per heavy atom. The molecule has 0 unspecified atom stereocenters. The van der Waals surface area contributed by atoms with Gasteiger partial charge in [0.2, 0.25) is 0 Å². The van der Waals surface area contributed by atoms with Gasteiger partial charge in [-0.05, 0) is 36.5 Å². The van der Waals surface area contributed by atoms with Crippen molar-refractivity contribution in [2.24, 2.45) is 0 Å². The van der Waals surface area contributed by atoms with Crippen LogP contribution in [0.3, 0.4) is 0 Å². The Morgan fingerprint density at radius 1 is 1.29 bits per heavy atom. The normalized spacial score (nSPS) is 12.1. The second-order valence-electron chi connectivity index (χ2n) is 4.58. The van der Waals surface area contributed by atoms with E-state index in [1.807, 2.05) is 26.0 Å². The predicted molar refractivity (Wildman–Crippen MR) is 69.0 cm³/mol. The van der Waals surface area contributed by atoms with Gasteiger partial charge in [0, 0.05) is 6.61 Å². The fourth-order valence-electron chi connectivity index (χ4n) is 1.68. The average molecular weight is 256 g/mol. The van der Waals surface area contributed by atoms with Gasteiger partial charge in [-0.15, -0.1) is 0 Å². The third kappa shape index (κ3) is 3.54. The fourth-order valence-corrected chi connectivity index (χ4v) is 3.28. The van der Waals surface area contributed by atoms with Gasteiger partial charge in [0.1, 0.15) is 0 Å². The first-order chi connectivity index (χ1) is 7.88. The van der Waals surface area contributed by atoms with E-state index < -0.39 is 9.84 Å². The lowest BCUT2D eigenvalue weighted by atomic mass is 10.0. The summed E-state index contributed by atoms with van der Waals surface area (Å²) in [6, 6.07) is 5.57. The maximum absolute atomic E-state index is 12.1. The SMILES string of the molecule is Cc1ccc(C(C)C)cc1S(=O)(=O)CCCO. The maximum atomic E-state index is 12.1. The number of sulfone groups is 1. The van der Waals surface area contributed by atoms with Gasteiger partial charge in [-0.25, -0.2) is 8.42 Å². The Bertz CT molecular complexity index is 475. The van der Waals surface area contributed by atoms with Crippen LogP contribution in [0.4, 0.5) is 0 Å². The van der Waals surface area contributed by atoms with Gasteiger partial charge in [-0.2, -0.15) is 0 Å². The lowest BCUT2D eigenvalue weighted by Crippen LogP contribution is -2.10. The zero-order valence-electron chi connectivity index (χ0n) is 10.6. The largest absolute Gasteiger partial charge is 0.396 e. The molecule has 1 rings (SSSR count). The van der Waals surface area contributed by atoms with Crippen molar-refractivity contribution >= 4 is 9.84 Å². The highest BCUT2D eigenvalue weighted by atomic mass is 32.2. The molecular weight excluding hydrogens is 236 g/mol. The molecule has 0 atom stereocenters. The summed E-state index contributed by atoms with van der Waals surface area (Å²) in [6.07, 6.45) is 0.285. The van der Waals surface area contributed by atoms with Crippen LogP contribution in [0, 0.1) is 6.92 Å². The van der Waals surface area contributed by atoms with Gasteiger partial charge in [-0.3, -0.25) is 0 Å². The number of benzene rings is 1. The van der Waals surface area contributed by atoms with E-state index in [-0.39, 0.29) is 18.8 Å². The van der Waals surface area contributed by atoms with Gasteiger partial charge in [0.05, 0.1) is 10.6 Å². The molecule has 96 valence electrons. The predicted octanol–water partition coefficient (Wildman–Crippen LogP) is 2.27. The number of hydrogen-bond donors (Lipinski definition) is 1. The molecule has 0 aliphatic heterocycles. The summed E-state index contributed by atoms with van der Waals surface area (Å²) in [5.74, 6) is 0.314. The molecule has 0 aliphatic carbocycles. The first kappa shape index (κ1) is 14.2. The van der Waals surface area contributed by atoms with E-state index in [4.69, 9.17) is 5.11 Å². The van der Waals surface area contributed by atoms with Gasteiger partial charge in [0.25, 0.3) is 0 Å². The minimum Gasteiger partial charge on any atom is -0.396 e. The Morgan fingerprint density at radius 2 is 1.94 bits per heavy atom. The molecule has 0 saturated carbocycles. The number of aliphatic hydroxyl groups excluding tert-OH is 1. The number of hydrogen-bond acceptors (Lipinski definition) is 3. The second-order valence-corrected chi connectivity index (χ2v) is 6.65. The van der Waals surface area contributed by atoms with Gasteiger partial charge in [-0.1, -0.05) is 26.0 Å². The van der Waals surface area contributed by atoms with Gasteiger partial charge in [0.15, 0.2) is 9.84 Å². The van der Waals surface area contributed by atoms with Crippen molar-refractivity contribution in [2.45, 2.75) is 38.0 Å². The zero-order valence-corrected chi connectivity index (χ0v) is 11.4. The first-order valence-corrected chi connectivity index (χ1v) is 7.48. The standard InChI is InChI=1S/C13H20O3S/c1-10(2)12-6-5-11(3)13(9-12)17(15,16)8-4-7-14/h5-6,9-10,14H,4,7-8H2,1-3H3. The number of rotatable bonds is 5. The molecule has 0 heterocycles. The fraction of sp³-hybridized carbons (Fsp3) is 0.538. The lowest BCUT2D eigenvalue weighted by molar-refractivity contribution is 0.295. The molecule has 0 aliphatic rings. The smallest absolute Gasteiger partial charge is 0.178 e. The van der Waals surface area contributed by atoms with Crippen molar-refractivity contribution in [3.63, 3.8) is 0 Å². The Kier molecular flexibility index (Phi) is 4.71. The molecule has 1 aromatic carbocycles. The van der Waals surface area contributed by atoms with Crippen molar-refractivity contribution in [3.8, 4) is 0 Å². The molecule has 1 aromatic rings. The Labute approximate surface area is 103 Å². The number of aliphatic hydroxyl groups is 1. The second kappa shape index (κ2) is 5.65. The monoisotopic (exact) mass is 256 g/mol. The van der Waals surface area contributed by atoms with Crippen LogP contribution in [0.1, 0.15) is 37.3 Å². The highest BCUT2D eigenvalue weighted by Crippen LogP contribution is 2.23. The molecule has 0 aromatic heterocycles. The van der Waals surface area contributed by atoms with E-state index in [1.54, 1.807) is 13.0 Å². The molecule has 17 heavy (non-hydrogen) atoms. The van der Waals surface area contributed by atoms with Crippen LogP contribution in [0.2, 0.25) is 0 Å². The van der Waals surface area contributed by atoms with Crippen molar-refractivity contribution in [1.29, 1.82) is 0 Å². The highest BCUT2D eigenvalue weighted by Gasteiger charge is 2.17. The summed E-state index contributed by atoms with van der Waals surface area (Å²) >= 11 is 0. The minimum absolute atomic E-state index is 0.00584. The number of aryl methyl sites for hydroxylation is 1. The van der Waals surface area contributed by atoms with Crippen LogP contribution in [-0.4, -0.2) is 25.9 Å². The lowest BCUT2D eigenvalue weighted by Gasteiger charge is -2.11. The van der Waals surface area contributed by atoms with Crippen LogP contribution >= 0.6 is 0 Å². The molecule has 0 spiro atoms. The molecule has 0 amide bonds. The molecule has 0 fully saturated rings. The van der Waals surface area contributed by atoms with Crippen molar-refractivity contribution in [1.82, 2.24) is 0 Å². The molecule has 4 heteroatoms. The van der Waals surface area contributed by atoms with E-state index in [0.717, 1.165) is 11.1 Å². The van der Waals surface area contributed by atoms with Crippen LogP contribution in [0.15, 0.2) is 23.1 Å². The van der Waals surface area contributed by atoms with E-state index in [1.165, 1.54) is 0 Å². The van der Waals surface area contributed by atoms with Crippen LogP contribution in [0.25, 0.3) is 0 Å². The molecule has 0 saturated heterocycles. The molecule has 0 bridgehead atoms. The first-order valence-electron chi connectivity index (χ1n) is 5.82. The van der Waals surface area contributed by atoms with Gasteiger partial charge >= 0.3 is 0 Å². The highest BCUT2D eigenvalue weighted by molar-refractivity contribution is 7.91. The summed E-state index contributed by atoms with van der Waals surface area (Å²) in [4.78, 5) is 0.400. The average Bonchev–Trinajstić information content (AvgIpc) is 2.26. The van der Waals surface area contributed by atoms with Crippen molar-refractivity contribution in [2.75, 3.05) is 12.4 Å². The molecular formula is C13H20O3S. The van der Waals surface area contributed by atoms with Crippen LogP contribution < -0.4 is 0 Å². The molecule has 1 N–H and O–H groups in total. The zero-order chi connectivity index (χ0) is 13.1. The van der Waals surface area contributed by atoms with Crippen LogP contribution in [0.5, 0.6) is 0 Å². The topological polar surface area (TPSA) is 54.4 Å². The maximum Gasteiger partial charge on any atom is 0.178 e. The third-order valence-electron chi connectivity index (χ3n) is 2.79. The van der Waals surface area contributed by atoms with Gasteiger partial charge < -0.3 is 5.11 Å². The van der Waals surface area contributed by atoms with E-state index in [9.17, 15) is 8.42 Å². The Hall–Kier alpha value is -0.870. The third-order valence-corrected chi connectivity index (χ3v) is 4.72. The minimum atomic E-state index is -3.27. The quantitative estimate of drug-likeness (QED) is 0.879. The molecule has 3 nitrogen and oxygen atoms in total.